The van der Waals surface area contributed by atoms with Gasteiger partial charge >= 0.3 is 5.97 Å². The van der Waals surface area contributed by atoms with E-state index in [9.17, 15) is 20.1 Å². The largest absolute Gasteiger partial charge is 0.463 e. The van der Waals surface area contributed by atoms with Gasteiger partial charge in [0.25, 0.3) is 0 Å². The molecule has 0 unspecified atom stereocenters. The Morgan fingerprint density at radius 3 is 2.52 bits per heavy atom. The molecule has 1 aromatic rings. The number of benzene rings is 1. The summed E-state index contributed by atoms with van der Waals surface area (Å²) in [5.41, 5.74) is 1.22. The molecule has 2 rings (SSSR count). The Balaban J connectivity index is 1.70. The Morgan fingerprint density at radius 2 is 1.81 bits per heavy atom. The van der Waals surface area contributed by atoms with Gasteiger partial charge in [-0.1, -0.05) is 42.5 Å². The van der Waals surface area contributed by atoms with Crippen molar-refractivity contribution in [3.05, 3.63) is 48.0 Å². The van der Waals surface area contributed by atoms with E-state index >= 15 is 0 Å². The molecule has 1 aromatic carbocycles. The number of ether oxygens (including phenoxy) is 1. The third-order valence-corrected chi connectivity index (χ3v) is 6.16. The lowest BCUT2D eigenvalue weighted by Gasteiger charge is -2.23. The van der Waals surface area contributed by atoms with E-state index in [4.69, 9.17) is 4.74 Å². The maximum Gasteiger partial charge on any atom is 0.306 e. The van der Waals surface area contributed by atoms with Crippen LogP contribution < -0.4 is 0 Å². The summed E-state index contributed by atoms with van der Waals surface area (Å²) in [5, 5.41) is 31.2. The molecule has 1 aliphatic rings. The molecule has 1 aliphatic carbocycles. The predicted molar refractivity (Wildman–Crippen MR) is 122 cm³/mol. The normalized spacial score (nSPS) is 24.7. The number of carbonyl (C=O) groups excluding carboxylic acids is 1. The highest BCUT2D eigenvalue weighted by molar-refractivity contribution is 5.69. The van der Waals surface area contributed by atoms with E-state index in [0.717, 1.165) is 19.3 Å². The van der Waals surface area contributed by atoms with Gasteiger partial charge in [-0.25, -0.2) is 0 Å². The molecule has 5 atom stereocenters. The van der Waals surface area contributed by atoms with E-state index in [2.05, 4.69) is 18.2 Å². The monoisotopic (exact) mass is 432 g/mol. The van der Waals surface area contributed by atoms with Crippen LogP contribution in [0.2, 0.25) is 0 Å². The zero-order valence-corrected chi connectivity index (χ0v) is 19.0. The number of aliphatic hydroxyl groups is 3. The quantitative estimate of drug-likeness (QED) is 0.247. The van der Waals surface area contributed by atoms with Gasteiger partial charge in [0.1, 0.15) is 0 Å². The summed E-state index contributed by atoms with van der Waals surface area (Å²) in [6.07, 6.45) is 8.58. The fraction of sp³-hybridized carbons (Fsp3) is 0.654. The van der Waals surface area contributed by atoms with Gasteiger partial charge in [0.2, 0.25) is 0 Å². The molecule has 0 saturated heterocycles. The molecule has 1 fully saturated rings. The maximum absolute atomic E-state index is 11.5. The van der Waals surface area contributed by atoms with E-state index in [-0.39, 0.29) is 23.9 Å². The number of hydrogen-bond acceptors (Lipinski definition) is 5. The first-order valence-electron chi connectivity index (χ1n) is 11.8. The van der Waals surface area contributed by atoms with E-state index in [1.807, 2.05) is 38.1 Å². The standard InChI is InChI=1S/C26H40O5/c1-19(2)31-26(30)13-9-4-3-8-12-22-23(25(29)18-24(22)28)17-16-21(27)15-14-20-10-6-5-7-11-20/h3,5-8,10-11,19,21-25,27-29H,4,9,12-18H2,1-2H3/b8-3-/t21-,22+,23-,24-,25+/m1/s1. The summed E-state index contributed by atoms with van der Waals surface area (Å²) in [6.45, 7) is 3.69. The number of aliphatic hydroxyl groups excluding tert-OH is 3. The molecule has 31 heavy (non-hydrogen) atoms. The molecule has 0 aliphatic heterocycles. The third-order valence-electron chi connectivity index (χ3n) is 6.16. The predicted octanol–water partition coefficient (Wildman–Crippen LogP) is 4.19. The molecule has 0 amide bonds. The van der Waals surface area contributed by atoms with Crippen LogP contribution in [0.4, 0.5) is 0 Å². The van der Waals surface area contributed by atoms with E-state index in [1.165, 1.54) is 5.56 Å². The fourth-order valence-electron chi connectivity index (χ4n) is 4.47. The Kier molecular flexibility index (Phi) is 11.3. The molecule has 0 bridgehead atoms. The second-order valence-electron chi connectivity index (χ2n) is 9.09. The number of carbonyl (C=O) groups is 1. The van der Waals surface area contributed by atoms with Gasteiger partial charge < -0.3 is 20.1 Å². The lowest BCUT2D eigenvalue weighted by molar-refractivity contribution is -0.147. The van der Waals surface area contributed by atoms with Gasteiger partial charge in [-0.3, -0.25) is 4.79 Å². The van der Waals surface area contributed by atoms with Crippen molar-refractivity contribution in [2.75, 3.05) is 0 Å². The van der Waals surface area contributed by atoms with Crippen molar-refractivity contribution in [3.63, 3.8) is 0 Å². The summed E-state index contributed by atoms with van der Waals surface area (Å²) in [7, 11) is 0. The number of unbranched alkanes of at least 4 members (excludes halogenated alkanes) is 1. The van der Waals surface area contributed by atoms with Crippen molar-refractivity contribution in [1.82, 2.24) is 0 Å². The van der Waals surface area contributed by atoms with Gasteiger partial charge in [-0.05, 0) is 82.6 Å². The smallest absolute Gasteiger partial charge is 0.306 e. The molecular formula is C26H40O5. The summed E-state index contributed by atoms with van der Waals surface area (Å²) >= 11 is 0. The topological polar surface area (TPSA) is 87.0 Å². The van der Waals surface area contributed by atoms with Crippen LogP contribution in [0.1, 0.15) is 70.8 Å². The molecule has 5 heteroatoms. The van der Waals surface area contributed by atoms with Crippen molar-refractivity contribution in [2.24, 2.45) is 11.8 Å². The Labute approximate surface area is 187 Å². The SMILES string of the molecule is CC(C)OC(=O)CCC/C=C\C[C@H]1[C@@H](CC[C@H](O)CCc2ccccc2)[C@@H](O)C[C@H]1O. The minimum Gasteiger partial charge on any atom is -0.463 e. The van der Waals surface area contributed by atoms with Gasteiger partial charge in [-0.15, -0.1) is 0 Å². The van der Waals surface area contributed by atoms with Crippen LogP contribution in [0.5, 0.6) is 0 Å². The molecule has 0 radical (unpaired) electrons. The van der Waals surface area contributed by atoms with Crippen LogP contribution in [0, 0.1) is 11.8 Å². The number of rotatable bonds is 13. The fourth-order valence-corrected chi connectivity index (χ4v) is 4.47. The number of esters is 1. The highest BCUT2D eigenvalue weighted by Crippen LogP contribution is 2.38. The van der Waals surface area contributed by atoms with Crippen molar-refractivity contribution < 1.29 is 24.9 Å². The first kappa shape index (κ1) is 25.6. The Hall–Kier alpha value is -1.69. The maximum atomic E-state index is 11.5. The van der Waals surface area contributed by atoms with Crippen molar-refractivity contribution in [2.45, 2.75) is 96.1 Å². The summed E-state index contributed by atoms with van der Waals surface area (Å²) in [5.74, 6) is -0.144. The highest BCUT2D eigenvalue weighted by atomic mass is 16.5. The molecule has 0 aromatic heterocycles. The molecule has 0 spiro atoms. The Bertz CT molecular complexity index is 657. The van der Waals surface area contributed by atoms with Crippen LogP contribution in [-0.4, -0.2) is 45.7 Å². The van der Waals surface area contributed by atoms with Gasteiger partial charge in [-0.2, -0.15) is 0 Å². The minimum atomic E-state index is -0.513. The molecule has 0 heterocycles. The summed E-state index contributed by atoms with van der Waals surface area (Å²) in [6, 6.07) is 10.1. The van der Waals surface area contributed by atoms with Gasteiger partial charge in [0.15, 0.2) is 0 Å². The summed E-state index contributed by atoms with van der Waals surface area (Å²) < 4.78 is 5.12. The first-order chi connectivity index (χ1) is 14.9. The minimum absolute atomic E-state index is 0.00652. The van der Waals surface area contributed by atoms with Crippen LogP contribution in [0.25, 0.3) is 0 Å². The average Bonchev–Trinajstić information content (AvgIpc) is 3.00. The Morgan fingerprint density at radius 1 is 1.10 bits per heavy atom. The lowest BCUT2D eigenvalue weighted by Crippen LogP contribution is -2.23. The van der Waals surface area contributed by atoms with Crippen LogP contribution in [0.3, 0.4) is 0 Å². The second-order valence-corrected chi connectivity index (χ2v) is 9.09. The third kappa shape index (κ3) is 9.55. The second kappa shape index (κ2) is 13.7. The molecule has 174 valence electrons. The molecule has 1 saturated carbocycles. The average molecular weight is 433 g/mol. The zero-order chi connectivity index (χ0) is 22.6. The van der Waals surface area contributed by atoms with Crippen LogP contribution in [-0.2, 0) is 16.0 Å². The number of aryl methyl sites for hydroxylation is 1. The van der Waals surface area contributed by atoms with Gasteiger partial charge in [0, 0.05) is 6.42 Å². The highest BCUT2D eigenvalue weighted by Gasteiger charge is 2.40. The number of hydrogen-bond donors (Lipinski definition) is 3. The van der Waals surface area contributed by atoms with E-state index in [0.29, 0.717) is 38.5 Å². The number of allylic oxidation sites excluding steroid dienone is 2. The van der Waals surface area contributed by atoms with Gasteiger partial charge in [0.05, 0.1) is 24.4 Å². The van der Waals surface area contributed by atoms with Crippen molar-refractivity contribution in [1.29, 1.82) is 0 Å². The molecular weight excluding hydrogens is 392 g/mol. The van der Waals surface area contributed by atoms with E-state index < -0.39 is 18.3 Å². The van der Waals surface area contributed by atoms with Crippen molar-refractivity contribution in [3.8, 4) is 0 Å². The molecule has 5 nitrogen and oxygen atoms in total. The van der Waals surface area contributed by atoms with Crippen molar-refractivity contribution >= 4 is 5.97 Å². The zero-order valence-electron chi connectivity index (χ0n) is 19.0. The first-order valence-corrected chi connectivity index (χ1v) is 11.8. The molecule has 3 N–H and O–H groups in total. The summed E-state index contributed by atoms with van der Waals surface area (Å²) in [4.78, 5) is 11.5. The van der Waals surface area contributed by atoms with Crippen LogP contribution >= 0.6 is 0 Å². The van der Waals surface area contributed by atoms with E-state index in [1.54, 1.807) is 0 Å². The lowest BCUT2D eigenvalue weighted by atomic mass is 9.85. The van der Waals surface area contributed by atoms with Crippen LogP contribution in [0.15, 0.2) is 42.5 Å².